The third-order valence-corrected chi connectivity index (χ3v) is 7.07. The number of nitrogens with zero attached hydrogens (tertiary/aromatic N) is 4. The van der Waals surface area contributed by atoms with Crippen LogP contribution in [0.15, 0.2) is 33.9 Å². The Morgan fingerprint density at radius 2 is 1.08 bits per heavy atom. The normalized spacial score (nSPS) is 11.3. The van der Waals surface area contributed by atoms with Crippen molar-refractivity contribution in [2.45, 2.75) is 0 Å². The molecule has 0 aromatic heterocycles. The fourth-order valence-corrected chi connectivity index (χ4v) is 6.03. The third kappa shape index (κ3) is 1.82. The smallest absolute Gasteiger partial charge is 0.283 e. The molecule has 0 fully saturated rings. The number of nitriles is 4. The van der Waals surface area contributed by atoms with Crippen LogP contribution in [0.25, 0.3) is 10.8 Å². The Hall–Kier alpha value is -3.56. The zero-order valence-corrected chi connectivity index (χ0v) is 13.4. The lowest BCUT2D eigenvalue weighted by Gasteiger charge is -1.94. The summed E-state index contributed by atoms with van der Waals surface area (Å²) < 4.78 is -0.247. The second-order valence-electron chi connectivity index (χ2n) is 4.54. The molecule has 1 heterocycles. The quantitative estimate of drug-likeness (QED) is 0.572. The number of hydrogen-bond donors (Lipinski definition) is 0. The first-order valence-corrected chi connectivity index (χ1v) is 8.80. The van der Waals surface area contributed by atoms with Gasteiger partial charge in [-0.05, 0) is 0 Å². The van der Waals surface area contributed by atoms with Gasteiger partial charge in [0.1, 0.15) is 20.9 Å². The molecule has 6 nitrogen and oxygen atoms in total. The largest absolute Gasteiger partial charge is 0.352 e. The summed E-state index contributed by atoms with van der Waals surface area (Å²) in [6, 6.07) is 9.66. The molecule has 0 bridgehead atoms. The van der Waals surface area contributed by atoms with E-state index in [4.69, 9.17) is 0 Å². The van der Waals surface area contributed by atoms with E-state index in [1.165, 1.54) is 12.1 Å². The molecular weight excluding hydrogens is 344 g/mol. The molecule has 0 saturated carbocycles. The number of hydrogen-bond acceptors (Lipinski definition) is 6. The van der Waals surface area contributed by atoms with E-state index >= 15 is 0 Å². The van der Waals surface area contributed by atoms with E-state index in [-0.39, 0.29) is 29.6 Å². The highest BCUT2D eigenvalue weighted by molar-refractivity contribution is 7.42. The van der Waals surface area contributed by atoms with Crippen LogP contribution in [0.5, 0.6) is 0 Å². The van der Waals surface area contributed by atoms with Crippen molar-refractivity contribution in [2.24, 2.45) is 0 Å². The lowest BCUT2D eigenvalue weighted by Crippen LogP contribution is -2.15. The summed E-state index contributed by atoms with van der Waals surface area (Å²) in [6.07, 6.45) is 0. The second-order valence-corrected chi connectivity index (χ2v) is 7.76. The monoisotopic (exact) mass is 348 g/mol. The van der Waals surface area contributed by atoms with Crippen LogP contribution in [-0.4, -0.2) is 0 Å². The van der Waals surface area contributed by atoms with Crippen LogP contribution in [0.1, 0.15) is 9.75 Å². The fraction of sp³-hybridized carbons (Fsp3) is 0. The van der Waals surface area contributed by atoms with Crippen molar-refractivity contribution < 1.29 is 0 Å². The molecule has 2 unspecified atom stereocenters. The minimum absolute atomic E-state index is 0.123. The highest BCUT2D eigenvalue weighted by Crippen LogP contribution is 2.35. The number of rotatable bonds is 0. The van der Waals surface area contributed by atoms with Gasteiger partial charge in [0, 0.05) is 10.8 Å². The molecule has 0 N–H and O–H groups in total. The first-order valence-electron chi connectivity index (χ1n) is 6.35. The van der Waals surface area contributed by atoms with Gasteiger partial charge in [-0.1, -0.05) is 24.3 Å². The summed E-state index contributed by atoms with van der Waals surface area (Å²) in [4.78, 5) is 25.2. The van der Waals surface area contributed by atoms with Crippen molar-refractivity contribution in [3.63, 3.8) is 0 Å². The summed E-state index contributed by atoms with van der Waals surface area (Å²) in [6.45, 7) is 0. The first kappa shape index (κ1) is 15.3. The third-order valence-electron chi connectivity index (χ3n) is 3.44. The van der Waals surface area contributed by atoms with E-state index in [1.807, 2.05) is 10.8 Å². The van der Waals surface area contributed by atoms with Gasteiger partial charge in [0.2, 0.25) is 0 Å². The van der Waals surface area contributed by atoms with Crippen LogP contribution in [0.3, 0.4) is 0 Å². The Morgan fingerprint density at radius 3 is 1.38 bits per heavy atom. The Labute approximate surface area is 139 Å². The maximum Gasteiger partial charge on any atom is 0.352 e. The molecule has 0 saturated heterocycles. The number of benzene rings is 1. The van der Waals surface area contributed by atoms with Crippen molar-refractivity contribution in [1.82, 2.24) is 0 Å². The Kier molecular flexibility index (Phi) is 3.56. The van der Waals surface area contributed by atoms with Gasteiger partial charge >= 0.3 is 29.6 Å². The minimum Gasteiger partial charge on any atom is -0.283 e. The predicted octanol–water partition coefficient (Wildman–Crippen LogP) is 2.18. The topological polar surface area (TPSA) is 129 Å². The molecule has 2 atom stereocenters. The van der Waals surface area contributed by atoms with E-state index < -0.39 is 31.8 Å². The van der Waals surface area contributed by atoms with E-state index in [2.05, 4.69) is 0 Å². The zero-order valence-electron chi connectivity index (χ0n) is 11.7. The lowest BCUT2D eigenvalue weighted by molar-refractivity contribution is 1.48. The molecule has 0 amide bonds. The SMILES string of the molecule is N#Cc1c(C#N)[s+](C#N)c2c(=O)c3ccccc3c(=O)c=2[s+]1C#N. The van der Waals surface area contributed by atoms with Crippen LogP contribution in [-0.2, 0) is 0 Å². The van der Waals surface area contributed by atoms with Crippen LogP contribution in [0.2, 0.25) is 0 Å². The van der Waals surface area contributed by atoms with E-state index in [0.29, 0.717) is 0 Å². The van der Waals surface area contributed by atoms with Gasteiger partial charge in [0.25, 0.3) is 10.9 Å². The van der Waals surface area contributed by atoms with Gasteiger partial charge in [0.15, 0.2) is 12.1 Å². The standard InChI is InChI=1S/C16H4N4O2S2/c17-5-11-12(6-18)24(8-20)16-14(22)10-4-2-1-3-9(10)13(21)15(16)23(11)7-19/h1-4H/q+2. The highest BCUT2D eigenvalue weighted by atomic mass is 32.2. The summed E-state index contributed by atoms with van der Waals surface area (Å²) >= 11 is 0. The maximum absolute atomic E-state index is 12.8. The number of fused-ring (bicyclic) bond motifs is 1. The van der Waals surface area contributed by atoms with Gasteiger partial charge in [-0.15, -0.1) is 10.5 Å². The Balaban J connectivity index is 3.00. The second kappa shape index (κ2) is 5.57. The van der Waals surface area contributed by atoms with Gasteiger partial charge in [-0.2, -0.15) is 10.5 Å². The molecule has 3 rings (SSSR count). The molecule has 1 aromatic carbocycles. The predicted molar refractivity (Wildman–Crippen MR) is 88.2 cm³/mol. The molecule has 1 aliphatic carbocycles. The average molecular weight is 348 g/mol. The molecule has 8 heteroatoms. The molecular formula is C16H4N4O2S2+2. The van der Waals surface area contributed by atoms with E-state index in [1.54, 1.807) is 24.3 Å². The van der Waals surface area contributed by atoms with Gasteiger partial charge in [-0.3, -0.25) is 9.59 Å². The highest BCUT2D eigenvalue weighted by Gasteiger charge is 2.38. The molecule has 1 aliphatic heterocycles. The summed E-state index contributed by atoms with van der Waals surface area (Å²) in [5.41, 5.74) is -1.08. The Morgan fingerprint density at radius 1 is 0.708 bits per heavy atom. The Bertz CT molecular complexity index is 1280. The minimum atomic E-state index is -1.65. The van der Waals surface area contributed by atoms with Gasteiger partial charge in [0.05, 0.1) is 0 Å². The van der Waals surface area contributed by atoms with Crippen molar-refractivity contribution in [3.8, 4) is 22.9 Å². The molecule has 0 spiro atoms. The molecule has 110 valence electrons. The zero-order chi connectivity index (χ0) is 17.4. The lowest BCUT2D eigenvalue weighted by atomic mass is 10.1. The van der Waals surface area contributed by atoms with Crippen LogP contribution >= 0.6 is 20.9 Å². The van der Waals surface area contributed by atoms with Gasteiger partial charge in [-0.25, -0.2) is 0 Å². The molecule has 1 aromatic rings. The maximum atomic E-state index is 12.8. The van der Waals surface area contributed by atoms with E-state index in [0.717, 1.165) is 0 Å². The van der Waals surface area contributed by atoms with E-state index in [9.17, 15) is 30.6 Å². The summed E-state index contributed by atoms with van der Waals surface area (Å²) in [7, 11) is -3.30. The molecule has 24 heavy (non-hydrogen) atoms. The average Bonchev–Trinajstić information content (AvgIpc) is 2.63. The van der Waals surface area contributed by atoms with Gasteiger partial charge < -0.3 is 0 Å². The summed E-state index contributed by atoms with van der Waals surface area (Å²) in [5, 5.41) is 41.5. The van der Waals surface area contributed by atoms with Crippen molar-refractivity contribution >= 4 is 31.7 Å². The molecule has 0 radical (unpaired) electrons. The molecule has 2 aliphatic rings. The van der Waals surface area contributed by atoms with Crippen molar-refractivity contribution in [2.75, 3.05) is 0 Å². The fourth-order valence-electron chi connectivity index (χ4n) is 2.47. The van der Waals surface area contributed by atoms with Crippen molar-refractivity contribution in [3.05, 3.63) is 63.5 Å². The van der Waals surface area contributed by atoms with Crippen LogP contribution < -0.4 is 10.9 Å². The van der Waals surface area contributed by atoms with Crippen LogP contribution in [0, 0.1) is 53.1 Å². The first-order chi connectivity index (χ1) is 11.6. The summed E-state index contributed by atoms with van der Waals surface area (Å²) in [5.74, 6) is 0. The van der Waals surface area contributed by atoms with Crippen molar-refractivity contribution in [1.29, 1.82) is 21.0 Å². The van der Waals surface area contributed by atoms with Crippen LogP contribution in [0.4, 0.5) is 0 Å².